The topological polar surface area (TPSA) is 173 Å². The van der Waals surface area contributed by atoms with Gasteiger partial charge in [0.05, 0.1) is 11.6 Å². The van der Waals surface area contributed by atoms with Crippen LogP contribution in [0.15, 0.2) is 46.9 Å². The quantitative estimate of drug-likeness (QED) is 0.299. The number of fused-ring (bicyclic) bond motifs is 4. The molecule has 7 N–H and O–H groups in total. The minimum absolute atomic E-state index is 0.0270. The van der Waals surface area contributed by atoms with E-state index in [1.165, 1.54) is 17.7 Å². The first-order chi connectivity index (χ1) is 19.4. The molecule has 1 saturated carbocycles. The van der Waals surface area contributed by atoms with Crippen LogP contribution in [0.3, 0.4) is 0 Å². The fourth-order valence-electron chi connectivity index (χ4n) is 7.57. The highest BCUT2D eigenvalue weighted by atomic mass is 16.3. The SMILES string of the molecule is CN(C)[C@@H]1C(O)=C(C(N)=O)C(=O)[C@@]2(O)C(O)=C3C(=O)c4c(cc5ccc(CNC6CCCC6)cc5c4O)C[C@H]3C[C@@H]12. The molecule has 0 aliphatic heterocycles. The molecule has 4 aliphatic carbocycles. The van der Waals surface area contributed by atoms with Crippen molar-refractivity contribution in [2.45, 2.75) is 62.8 Å². The van der Waals surface area contributed by atoms with E-state index in [9.17, 15) is 34.8 Å². The molecule has 6 rings (SSSR count). The van der Waals surface area contributed by atoms with Gasteiger partial charge in [0.2, 0.25) is 5.78 Å². The molecule has 0 unspecified atom stereocenters. The Morgan fingerprint density at radius 1 is 1.12 bits per heavy atom. The van der Waals surface area contributed by atoms with Crippen molar-refractivity contribution in [3.8, 4) is 5.75 Å². The third-order valence-electron chi connectivity index (χ3n) is 9.54. The Hall–Kier alpha value is -3.73. The molecular weight excluding hydrogens is 526 g/mol. The Morgan fingerprint density at radius 2 is 1.83 bits per heavy atom. The van der Waals surface area contributed by atoms with Gasteiger partial charge in [-0.3, -0.25) is 19.3 Å². The number of carbonyl (C=O) groups is 3. The molecule has 4 atom stereocenters. The van der Waals surface area contributed by atoms with Gasteiger partial charge in [-0.05, 0) is 68.3 Å². The average Bonchev–Trinajstić information content (AvgIpc) is 3.43. The lowest BCUT2D eigenvalue weighted by molar-refractivity contribution is -0.148. The van der Waals surface area contributed by atoms with Crippen molar-refractivity contribution >= 4 is 28.2 Å². The number of hydrogen-bond donors (Lipinski definition) is 6. The summed E-state index contributed by atoms with van der Waals surface area (Å²) >= 11 is 0. The van der Waals surface area contributed by atoms with Gasteiger partial charge in [-0.2, -0.15) is 0 Å². The molecule has 1 amide bonds. The second-order valence-electron chi connectivity index (χ2n) is 12.1. The van der Waals surface area contributed by atoms with Gasteiger partial charge < -0.3 is 31.5 Å². The summed E-state index contributed by atoms with van der Waals surface area (Å²) in [6.07, 6.45) is 5.04. The van der Waals surface area contributed by atoms with Crippen molar-refractivity contribution in [1.82, 2.24) is 10.2 Å². The molecule has 0 aromatic heterocycles. The number of benzene rings is 2. The van der Waals surface area contributed by atoms with Crippen molar-refractivity contribution in [3.63, 3.8) is 0 Å². The fraction of sp³-hybridized carbons (Fsp3) is 0.452. The van der Waals surface area contributed by atoms with Crippen LogP contribution in [0.1, 0.15) is 53.6 Å². The van der Waals surface area contributed by atoms with Crippen molar-refractivity contribution < 1.29 is 34.8 Å². The average molecular weight is 562 g/mol. The molecule has 2 aromatic rings. The number of Topliss-reactive ketones (excluding diaryl/α,β-unsaturated/α-hetero) is 2. The number of carbonyl (C=O) groups excluding carboxylic acids is 3. The summed E-state index contributed by atoms with van der Waals surface area (Å²) in [7, 11) is 3.21. The molecule has 0 radical (unpaired) electrons. The molecule has 1 fully saturated rings. The number of hydrogen-bond acceptors (Lipinski definition) is 9. The highest BCUT2D eigenvalue weighted by Gasteiger charge is 2.63. The number of phenols is 1. The van der Waals surface area contributed by atoms with E-state index < -0.39 is 58.0 Å². The lowest BCUT2D eigenvalue weighted by Gasteiger charge is -2.50. The number of nitrogens with two attached hydrogens (primary N) is 1. The number of rotatable bonds is 5. The number of allylic oxidation sites excluding steroid dienone is 1. The van der Waals surface area contributed by atoms with Crippen LogP contribution in [0.5, 0.6) is 5.75 Å². The Bertz CT molecular complexity index is 1570. The summed E-state index contributed by atoms with van der Waals surface area (Å²) in [5.41, 5.74) is 3.37. The lowest BCUT2D eigenvalue weighted by Crippen LogP contribution is -2.63. The molecule has 0 saturated heterocycles. The van der Waals surface area contributed by atoms with E-state index in [0.717, 1.165) is 23.8 Å². The first-order valence-electron chi connectivity index (χ1n) is 14.1. The minimum atomic E-state index is -2.64. The van der Waals surface area contributed by atoms with Gasteiger partial charge in [-0.1, -0.05) is 31.0 Å². The highest BCUT2D eigenvalue weighted by molar-refractivity contribution is 6.25. The first-order valence-corrected chi connectivity index (χ1v) is 14.1. The van der Waals surface area contributed by atoms with Crippen molar-refractivity contribution in [2.75, 3.05) is 14.1 Å². The maximum Gasteiger partial charge on any atom is 0.255 e. The van der Waals surface area contributed by atoms with Gasteiger partial charge in [0.25, 0.3) is 5.91 Å². The van der Waals surface area contributed by atoms with E-state index in [4.69, 9.17) is 5.73 Å². The van der Waals surface area contributed by atoms with Crippen LogP contribution in [-0.4, -0.2) is 74.6 Å². The number of likely N-dealkylation sites (N-methyl/N-ethyl adjacent to an activating group) is 1. The standard InChI is InChI=1S/C31H35N3O7/c1-34(2)24-20-12-17-11-16-10-15-8-7-14(13-33-18-5-3-4-6-18)9-19(15)25(35)21(16)26(36)22(17)28(38)31(20,41)29(39)23(27(24)37)30(32)40/h7-10,17-18,20,24,33,35,37-38,41H,3-6,11-13H2,1-2H3,(H2,32,40)/t17-,20-,24-,31-/m0/s1. The molecule has 2 aromatic carbocycles. The van der Waals surface area contributed by atoms with Crippen LogP contribution < -0.4 is 11.1 Å². The third kappa shape index (κ3) is 3.99. The van der Waals surface area contributed by atoms with Crippen LogP contribution in [-0.2, 0) is 22.6 Å². The monoisotopic (exact) mass is 561 g/mol. The zero-order chi connectivity index (χ0) is 29.4. The summed E-state index contributed by atoms with van der Waals surface area (Å²) in [6.45, 7) is 0.630. The molecule has 4 aliphatic rings. The molecule has 0 heterocycles. The van der Waals surface area contributed by atoms with Crippen LogP contribution in [0.2, 0.25) is 0 Å². The summed E-state index contributed by atoms with van der Waals surface area (Å²) in [6, 6.07) is 7.09. The van der Waals surface area contributed by atoms with E-state index in [2.05, 4.69) is 5.32 Å². The molecule has 0 bridgehead atoms. The minimum Gasteiger partial charge on any atom is -0.510 e. The predicted octanol–water partition coefficient (Wildman–Crippen LogP) is 2.31. The molecule has 0 spiro atoms. The van der Waals surface area contributed by atoms with Crippen LogP contribution >= 0.6 is 0 Å². The molecule has 10 nitrogen and oxygen atoms in total. The lowest BCUT2D eigenvalue weighted by atomic mass is 9.58. The summed E-state index contributed by atoms with van der Waals surface area (Å²) < 4.78 is 0. The largest absolute Gasteiger partial charge is 0.510 e. The summed E-state index contributed by atoms with van der Waals surface area (Å²) in [5.74, 6) is -6.44. The third-order valence-corrected chi connectivity index (χ3v) is 9.54. The Balaban J connectivity index is 1.44. The molecule has 41 heavy (non-hydrogen) atoms. The van der Waals surface area contributed by atoms with E-state index in [1.54, 1.807) is 14.1 Å². The predicted molar refractivity (Wildman–Crippen MR) is 150 cm³/mol. The smallest absolute Gasteiger partial charge is 0.255 e. The Labute approximate surface area is 237 Å². The highest BCUT2D eigenvalue weighted by Crippen LogP contribution is 2.52. The maximum absolute atomic E-state index is 14.0. The second kappa shape index (κ2) is 9.68. The van der Waals surface area contributed by atoms with E-state index in [1.807, 2.05) is 24.3 Å². The van der Waals surface area contributed by atoms with Gasteiger partial charge in [0, 0.05) is 29.5 Å². The van der Waals surface area contributed by atoms with Gasteiger partial charge in [0.1, 0.15) is 22.8 Å². The van der Waals surface area contributed by atoms with Gasteiger partial charge >= 0.3 is 0 Å². The van der Waals surface area contributed by atoms with Crippen molar-refractivity contribution in [1.29, 1.82) is 0 Å². The normalized spacial score (nSPS) is 28.3. The number of nitrogens with zero attached hydrogens (tertiary/aromatic N) is 1. The number of nitrogens with one attached hydrogen (secondary N) is 1. The first kappa shape index (κ1) is 27.4. The van der Waals surface area contributed by atoms with Crippen LogP contribution in [0.25, 0.3) is 10.8 Å². The second-order valence-corrected chi connectivity index (χ2v) is 12.1. The Kier molecular flexibility index (Phi) is 6.48. The number of aromatic hydroxyl groups is 1. The van der Waals surface area contributed by atoms with Gasteiger partial charge in [-0.15, -0.1) is 0 Å². The van der Waals surface area contributed by atoms with Crippen LogP contribution in [0.4, 0.5) is 0 Å². The van der Waals surface area contributed by atoms with Crippen molar-refractivity contribution in [2.24, 2.45) is 17.6 Å². The number of primary amides is 1. The summed E-state index contributed by atoms with van der Waals surface area (Å²) in [4.78, 5) is 41.1. The number of amides is 1. The molecule has 10 heteroatoms. The summed E-state index contributed by atoms with van der Waals surface area (Å²) in [5, 5.41) is 50.3. The number of ketones is 2. The number of phenolic OH excluding ortho intramolecular Hbond substituents is 1. The van der Waals surface area contributed by atoms with E-state index >= 15 is 0 Å². The maximum atomic E-state index is 14.0. The number of aliphatic hydroxyl groups is 3. The zero-order valence-corrected chi connectivity index (χ0v) is 23.1. The van der Waals surface area contributed by atoms with E-state index in [0.29, 0.717) is 23.5 Å². The van der Waals surface area contributed by atoms with Gasteiger partial charge in [-0.25, -0.2) is 0 Å². The van der Waals surface area contributed by atoms with E-state index in [-0.39, 0.29) is 29.7 Å². The number of aliphatic hydroxyl groups excluding tert-OH is 2. The van der Waals surface area contributed by atoms with Gasteiger partial charge in [0.15, 0.2) is 11.4 Å². The fourth-order valence-corrected chi connectivity index (χ4v) is 7.57. The molecule has 216 valence electrons. The zero-order valence-electron chi connectivity index (χ0n) is 23.1. The Morgan fingerprint density at radius 3 is 2.49 bits per heavy atom. The molecular formula is C31H35N3O7. The van der Waals surface area contributed by atoms with Crippen molar-refractivity contribution in [3.05, 3.63) is 63.6 Å². The van der Waals surface area contributed by atoms with Crippen LogP contribution in [0, 0.1) is 11.8 Å².